The first-order valence-corrected chi connectivity index (χ1v) is 17.2. The highest BCUT2D eigenvalue weighted by molar-refractivity contribution is 7.10. The molecule has 0 saturated carbocycles. The van der Waals surface area contributed by atoms with Crippen LogP contribution in [0.2, 0.25) is 0 Å². The molecular formula is C34H43N11OS. The molecule has 13 heteroatoms. The number of piperazine rings is 1. The molecule has 1 aromatic carbocycles. The molecule has 7 rings (SSSR count). The normalized spacial score (nSPS) is 18.1. The van der Waals surface area contributed by atoms with E-state index < -0.39 is 0 Å². The van der Waals surface area contributed by atoms with Gasteiger partial charge in [-0.05, 0) is 74.6 Å². The number of aromatic nitrogens is 6. The van der Waals surface area contributed by atoms with Crippen molar-refractivity contribution in [3.05, 3.63) is 72.1 Å². The van der Waals surface area contributed by atoms with Gasteiger partial charge in [-0.3, -0.25) is 23.7 Å². The van der Waals surface area contributed by atoms with Crippen LogP contribution < -0.4 is 10.6 Å². The smallest absolute Gasteiger partial charge is 0.246 e. The molecule has 1 unspecified atom stereocenters. The number of nitrogens with zero attached hydrogens (tertiary/aromatic N) is 9. The predicted molar refractivity (Wildman–Crippen MR) is 186 cm³/mol. The highest BCUT2D eigenvalue weighted by Crippen LogP contribution is 2.28. The number of fused-ring (bicyclic) bond motifs is 1. The lowest BCUT2D eigenvalue weighted by atomic mass is 10.0. The van der Waals surface area contributed by atoms with Crippen LogP contribution in [0.4, 0.5) is 16.5 Å². The van der Waals surface area contributed by atoms with Crippen molar-refractivity contribution in [3.63, 3.8) is 0 Å². The third-order valence-electron chi connectivity index (χ3n) is 9.01. The zero-order chi connectivity index (χ0) is 32.3. The van der Waals surface area contributed by atoms with Crippen LogP contribution in [0.3, 0.4) is 0 Å². The van der Waals surface area contributed by atoms with E-state index in [2.05, 4.69) is 62.6 Å². The lowest BCUT2D eigenvalue weighted by Gasteiger charge is -2.32. The van der Waals surface area contributed by atoms with E-state index in [9.17, 15) is 4.79 Å². The number of piperidine rings is 1. The van der Waals surface area contributed by atoms with Gasteiger partial charge in [-0.1, -0.05) is 19.1 Å². The number of hydrogen-bond donors (Lipinski definition) is 2. The van der Waals surface area contributed by atoms with E-state index in [0.717, 1.165) is 91.6 Å². The van der Waals surface area contributed by atoms with Gasteiger partial charge in [0.2, 0.25) is 5.91 Å². The fraction of sp³-hybridized carbons (Fsp3) is 0.441. The molecule has 12 nitrogen and oxygen atoms in total. The maximum atomic E-state index is 12.9. The summed E-state index contributed by atoms with van der Waals surface area (Å²) in [5, 5.41) is 11.9. The summed E-state index contributed by atoms with van der Waals surface area (Å²) in [5.41, 5.74) is 6.42. The molecule has 2 fully saturated rings. The zero-order valence-electron chi connectivity index (χ0n) is 27.4. The molecule has 0 bridgehead atoms. The topological polar surface area (TPSA) is 112 Å². The minimum atomic E-state index is -0.130. The Hall–Kier alpha value is -4.17. The molecule has 0 spiro atoms. The molecule has 5 aromatic rings. The van der Waals surface area contributed by atoms with Crippen LogP contribution in [0.1, 0.15) is 36.7 Å². The number of carbonyl (C=O) groups is 1. The molecule has 4 aromatic heterocycles. The standard InChI is InChI=1S/C34H43N11OS/c1-24-5-4-10-43(18-24)22-29-15-32(47-40-29)39-33-34-35-17-30(45(34)19-25(2)37-33)27-16-36-44(21-27)23-31(46)38-28-8-6-26(7-9-28)20-42-13-11-41(3)12-14-42/h6-9,15-17,19,21,24H,4-5,10-14,18,20,22-23H2,1-3H3,(H,37,39)(H,38,46). The molecular weight excluding hydrogens is 611 g/mol. The quantitative estimate of drug-likeness (QED) is 0.221. The van der Waals surface area contributed by atoms with Gasteiger partial charge in [0.05, 0.1) is 29.5 Å². The van der Waals surface area contributed by atoms with Gasteiger partial charge in [-0.25, -0.2) is 9.97 Å². The van der Waals surface area contributed by atoms with Gasteiger partial charge in [-0.15, -0.1) is 0 Å². The number of rotatable bonds is 10. The number of anilines is 3. The van der Waals surface area contributed by atoms with Gasteiger partial charge in [0.1, 0.15) is 11.5 Å². The predicted octanol–water partition coefficient (Wildman–Crippen LogP) is 4.72. The minimum Gasteiger partial charge on any atom is -0.328 e. The van der Waals surface area contributed by atoms with Crippen molar-refractivity contribution >= 4 is 39.6 Å². The number of likely N-dealkylation sites (N-methyl/N-ethyl adjacent to an activating group) is 1. The molecule has 2 N–H and O–H groups in total. The Bertz CT molecular complexity index is 1820. The Morgan fingerprint density at radius 1 is 1.02 bits per heavy atom. The van der Waals surface area contributed by atoms with E-state index in [-0.39, 0.29) is 12.5 Å². The molecule has 0 aliphatic carbocycles. The molecule has 2 aliphatic heterocycles. The third kappa shape index (κ3) is 7.70. The third-order valence-corrected chi connectivity index (χ3v) is 9.76. The maximum Gasteiger partial charge on any atom is 0.246 e. The summed E-state index contributed by atoms with van der Waals surface area (Å²) in [5.74, 6) is 1.29. The molecule has 47 heavy (non-hydrogen) atoms. The summed E-state index contributed by atoms with van der Waals surface area (Å²) in [6, 6.07) is 10.2. The number of amides is 1. The first-order chi connectivity index (χ1) is 22.8. The highest BCUT2D eigenvalue weighted by Gasteiger charge is 2.19. The number of nitrogens with one attached hydrogen (secondary N) is 2. The van der Waals surface area contributed by atoms with E-state index >= 15 is 0 Å². The molecule has 246 valence electrons. The fourth-order valence-electron chi connectivity index (χ4n) is 6.52. The first-order valence-electron chi connectivity index (χ1n) is 16.5. The second kappa shape index (κ2) is 13.9. The van der Waals surface area contributed by atoms with Crippen molar-refractivity contribution in [2.24, 2.45) is 5.92 Å². The lowest BCUT2D eigenvalue weighted by Crippen LogP contribution is -2.43. The van der Waals surface area contributed by atoms with Crippen LogP contribution in [0.5, 0.6) is 0 Å². The number of aryl methyl sites for hydroxylation is 1. The van der Waals surface area contributed by atoms with Crippen LogP contribution in [0, 0.1) is 12.8 Å². The minimum absolute atomic E-state index is 0.108. The molecule has 2 saturated heterocycles. The number of likely N-dealkylation sites (tertiary alicyclic amines) is 1. The van der Waals surface area contributed by atoms with Crippen molar-refractivity contribution in [3.8, 4) is 11.3 Å². The SMILES string of the molecule is Cc1cn2c(-c3cnn(CC(=O)Nc4ccc(CN5CCN(C)CC5)cc4)c3)cnc2c(Nc2cc(CN3CCCC(C)C3)ns2)n1. The summed E-state index contributed by atoms with van der Waals surface area (Å²) < 4.78 is 8.38. The van der Waals surface area contributed by atoms with Crippen molar-refractivity contribution in [1.82, 2.24) is 43.2 Å². The Balaban J connectivity index is 0.978. The highest BCUT2D eigenvalue weighted by atomic mass is 32.1. The van der Waals surface area contributed by atoms with Crippen molar-refractivity contribution in [2.75, 3.05) is 56.9 Å². The van der Waals surface area contributed by atoms with Crippen LogP contribution in [-0.2, 0) is 24.4 Å². The van der Waals surface area contributed by atoms with Gasteiger partial charge < -0.3 is 15.5 Å². The average molecular weight is 654 g/mol. The zero-order valence-corrected chi connectivity index (χ0v) is 28.2. The largest absolute Gasteiger partial charge is 0.328 e. The van der Waals surface area contributed by atoms with Gasteiger partial charge in [0, 0.05) is 69.5 Å². The Kier molecular flexibility index (Phi) is 9.30. The summed E-state index contributed by atoms with van der Waals surface area (Å²) >= 11 is 1.45. The number of hydrogen-bond acceptors (Lipinski definition) is 10. The van der Waals surface area contributed by atoms with Gasteiger partial charge >= 0.3 is 0 Å². The van der Waals surface area contributed by atoms with E-state index in [1.807, 2.05) is 42.0 Å². The summed E-state index contributed by atoms with van der Waals surface area (Å²) in [4.78, 5) is 29.7. The van der Waals surface area contributed by atoms with E-state index in [0.29, 0.717) is 11.5 Å². The Labute approximate surface area is 279 Å². The molecule has 2 aliphatic rings. The summed E-state index contributed by atoms with van der Waals surface area (Å²) in [6.45, 7) is 12.8. The summed E-state index contributed by atoms with van der Waals surface area (Å²) in [7, 11) is 2.17. The van der Waals surface area contributed by atoms with E-state index in [1.54, 1.807) is 10.9 Å². The van der Waals surface area contributed by atoms with Crippen LogP contribution in [0.25, 0.3) is 16.9 Å². The van der Waals surface area contributed by atoms with E-state index in [1.165, 1.54) is 29.9 Å². The number of carbonyl (C=O) groups excluding carboxylic acids is 1. The molecule has 1 amide bonds. The van der Waals surface area contributed by atoms with Crippen LogP contribution in [-0.4, -0.2) is 95.4 Å². The second-order valence-corrected chi connectivity index (χ2v) is 13.9. The van der Waals surface area contributed by atoms with Crippen molar-refractivity contribution in [2.45, 2.75) is 46.3 Å². The van der Waals surface area contributed by atoms with Crippen molar-refractivity contribution < 1.29 is 4.79 Å². The molecule has 1 atom stereocenters. The number of benzene rings is 1. The van der Waals surface area contributed by atoms with Crippen LogP contribution in [0.15, 0.2) is 55.1 Å². The molecule has 6 heterocycles. The maximum absolute atomic E-state index is 12.9. The second-order valence-electron chi connectivity index (χ2n) is 13.1. The van der Waals surface area contributed by atoms with Gasteiger partial charge in [0.15, 0.2) is 11.5 Å². The van der Waals surface area contributed by atoms with Crippen LogP contribution >= 0.6 is 11.5 Å². The monoisotopic (exact) mass is 653 g/mol. The molecule has 0 radical (unpaired) electrons. The van der Waals surface area contributed by atoms with Gasteiger partial charge in [-0.2, -0.15) is 9.47 Å². The number of imidazole rings is 1. The summed E-state index contributed by atoms with van der Waals surface area (Å²) in [6.07, 6.45) is 10.00. The Morgan fingerprint density at radius 3 is 2.66 bits per heavy atom. The first kappa shape index (κ1) is 31.4. The van der Waals surface area contributed by atoms with Gasteiger partial charge in [0.25, 0.3) is 0 Å². The Morgan fingerprint density at radius 2 is 1.85 bits per heavy atom. The fourth-order valence-corrected chi connectivity index (χ4v) is 7.17. The van der Waals surface area contributed by atoms with Crippen molar-refractivity contribution in [1.29, 1.82) is 0 Å². The lowest BCUT2D eigenvalue weighted by molar-refractivity contribution is -0.116. The van der Waals surface area contributed by atoms with E-state index in [4.69, 9.17) is 14.3 Å². The average Bonchev–Trinajstić information content (AvgIpc) is 3.80.